The lowest BCUT2D eigenvalue weighted by atomic mass is 10.2. The number of aryl methyl sites for hydroxylation is 1. The van der Waals surface area contributed by atoms with Crippen LogP contribution < -0.4 is 0 Å². The molecule has 0 bridgehead atoms. The van der Waals surface area contributed by atoms with Crippen molar-refractivity contribution in [1.82, 2.24) is 9.97 Å². The quantitative estimate of drug-likeness (QED) is 0.544. The summed E-state index contributed by atoms with van der Waals surface area (Å²) in [5.41, 5.74) is 3.07. The molecule has 0 aliphatic carbocycles. The Bertz CT molecular complexity index is 660. The van der Waals surface area contributed by atoms with Crippen LogP contribution in [0.3, 0.4) is 0 Å². The van der Waals surface area contributed by atoms with Gasteiger partial charge in [-0.1, -0.05) is 12.1 Å². The Kier molecular flexibility index (Phi) is 1.70. The number of aromatic nitrogens is 2. The van der Waals surface area contributed by atoms with Crippen LogP contribution in [0.2, 0.25) is 5.28 Å². The van der Waals surface area contributed by atoms with Crippen molar-refractivity contribution in [1.29, 1.82) is 0 Å². The topological polar surface area (TPSA) is 38.9 Å². The number of nitrogens with zero attached hydrogens (tertiary/aromatic N) is 2. The van der Waals surface area contributed by atoms with Gasteiger partial charge >= 0.3 is 0 Å². The van der Waals surface area contributed by atoms with Gasteiger partial charge in [-0.25, -0.2) is 9.97 Å². The van der Waals surface area contributed by atoms with Crippen LogP contribution in [0.4, 0.5) is 0 Å². The Morgan fingerprint density at radius 1 is 1.20 bits per heavy atom. The van der Waals surface area contributed by atoms with Crippen LogP contribution in [-0.4, -0.2) is 9.97 Å². The summed E-state index contributed by atoms with van der Waals surface area (Å²) in [5.74, 6) is 0. The molecule has 4 heteroatoms. The summed E-state index contributed by atoms with van der Waals surface area (Å²) in [4.78, 5) is 8.24. The highest BCUT2D eigenvalue weighted by atomic mass is 35.5. The van der Waals surface area contributed by atoms with Gasteiger partial charge in [0.15, 0.2) is 5.58 Å². The smallest absolute Gasteiger partial charge is 0.223 e. The van der Waals surface area contributed by atoms with Crippen molar-refractivity contribution in [3.05, 3.63) is 35.2 Å². The van der Waals surface area contributed by atoms with Crippen molar-refractivity contribution in [2.45, 2.75) is 6.92 Å². The number of furan rings is 1. The summed E-state index contributed by atoms with van der Waals surface area (Å²) in [6.07, 6.45) is 0. The Hall–Kier alpha value is -1.61. The van der Waals surface area contributed by atoms with Crippen LogP contribution >= 0.6 is 11.6 Å². The van der Waals surface area contributed by atoms with Crippen LogP contribution in [0.5, 0.6) is 0 Å². The molecule has 0 unspecified atom stereocenters. The standard InChI is InChI=1S/C11H7ClN2O/c1-6-10-9(14-11(12)13-6)7-4-2-3-5-8(7)15-10/h2-5H,1H3. The van der Waals surface area contributed by atoms with E-state index in [0.717, 1.165) is 22.2 Å². The maximum Gasteiger partial charge on any atom is 0.223 e. The fourth-order valence-corrected chi connectivity index (χ4v) is 1.91. The minimum Gasteiger partial charge on any atom is -0.452 e. The molecular formula is C11H7ClN2O. The second kappa shape index (κ2) is 2.94. The number of para-hydroxylation sites is 1. The van der Waals surface area contributed by atoms with Gasteiger partial charge in [0.1, 0.15) is 11.1 Å². The van der Waals surface area contributed by atoms with Crippen molar-refractivity contribution < 1.29 is 4.42 Å². The fraction of sp³-hybridized carbons (Fsp3) is 0.0909. The molecule has 0 fully saturated rings. The predicted octanol–water partition coefficient (Wildman–Crippen LogP) is 3.34. The number of rotatable bonds is 0. The molecule has 0 spiro atoms. The Balaban J connectivity index is 2.61. The van der Waals surface area contributed by atoms with Crippen LogP contribution in [0.25, 0.3) is 22.1 Å². The fourth-order valence-electron chi connectivity index (χ4n) is 1.69. The van der Waals surface area contributed by atoms with Crippen molar-refractivity contribution >= 4 is 33.7 Å². The van der Waals surface area contributed by atoms with Crippen LogP contribution in [0.1, 0.15) is 5.69 Å². The first kappa shape index (κ1) is 8.68. The van der Waals surface area contributed by atoms with Gasteiger partial charge in [0.25, 0.3) is 0 Å². The minimum absolute atomic E-state index is 0.256. The summed E-state index contributed by atoms with van der Waals surface area (Å²) in [7, 11) is 0. The molecule has 0 atom stereocenters. The van der Waals surface area contributed by atoms with Gasteiger partial charge in [-0.15, -0.1) is 0 Å². The van der Waals surface area contributed by atoms with Gasteiger partial charge < -0.3 is 4.42 Å². The molecule has 0 amide bonds. The average Bonchev–Trinajstić information content (AvgIpc) is 2.57. The minimum atomic E-state index is 0.256. The summed E-state index contributed by atoms with van der Waals surface area (Å²) in [6.45, 7) is 1.86. The van der Waals surface area contributed by atoms with E-state index in [0.29, 0.717) is 5.58 Å². The second-order valence-electron chi connectivity index (χ2n) is 3.35. The summed E-state index contributed by atoms with van der Waals surface area (Å²) >= 11 is 5.82. The van der Waals surface area contributed by atoms with E-state index in [9.17, 15) is 0 Å². The first-order valence-electron chi connectivity index (χ1n) is 4.57. The molecule has 74 valence electrons. The van der Waals surface area contributed by atoms with E-state index in [4.69, 9.17) is 16.0 Å². The van der Waals surface area contributed by atoms with E-state index in [2.05, 4.69) is 9.97 Å². The number of halogens is 1. The van der Waals surface area contributed by atoms with Crippen molar-refractivity contribution in [3.63, 3.8) is 0 Å². The van der Waals surface area contributed by atoms with E-state index in [1.165, 1.54) is 0 Å². The van der Waals surface area contributed by atoms with E-state index < -0.39 is 0 Å². The lowest BCUT2D eigenvalue weighted by Gasteiger charge is -1.93. The average molecular weight is 219 g/mol. The van der Waals surface area contributed by atoms with Crippen molar-refractivity contribution in [2.24, 2.45) is 0 Å². The molecule has 2 aromatic heterocycles. The first-order valence-corrected chi connectivity index (χ1v) is 4.95. The van der Waals surface area contributed by atoms with Crippen molar-refractivity contribution in [3.8, 4) is 0 Å². The third-order valence-electron chi connectivity index (χ3n) is 2.36. The summed E-state index contributed by atoms with van der Waals surface area (Å²) in [5, 5.41) is 1.23. The first-order chi connectivity index (χ1) is 7.25. The molecule has 0 N–H and O–H groups in total. The van der Waals surface area contributed by atoms with Gasteiger partial charge in [0.05, 0.1) is 5.69 Å². The summed E-state index contributed by atoms with van der Waals surface area (Å²) < 4.78 is 5.65. The maximum atomic E-state index is 5.82. The van der Waals surface area contributed by atoms with Gasteiger partial charge in [0, 0.05) is 5.39 Å². The third kappa shape index (κ3) is 1.20. The van der Waals surface area contributed by atoms with Crippen LogP contribution in [-0.2, 0) is 0 Å². The number of hydrogen-bond donors (Lipinski definition) is 0. The molecule has 1 aromatic carbocycles. The number of fused-ring (bicyclic) bond motifs is 3. The highest BCUT2D eigenvalue weighted by Gasteiger charge is 2.11. The van der Waals surface area contributed by atoms with Gasteiger partial charge in [-0.2, -0.15) is 0 Å². The lowest BCUT2D eigenvalue weighted by Crippen LogP contribution is -1.86. The van der Waals surface area contributed by atoms with Crippen molar-refractivity contribution in [2.75, 3.05) is 0 Å². The highest BCUT2D eigenvalue weighted by Crippen LogP contribution is 2.28. The molecule has 0 saturated carbocycles. The van der Waals surface area contributed by atoms with E-state index in [1.807, 2.05) is 31.2 Å². The molecule has 0 aliphatic heterocycles. The Morgan fingerprint density at radius 2 is 2.00 bits per heavy atom. The maximum absolute atomic E-state index is 5.82. The SMILES string of the molecule is Cc1nc(Cl)nc2c1oc1ccccc12. The third-order valence-corrected chi connectivity index (χ3v) is 2.53. The van der Waals surface area contributed by atoms with Gasteiger partial charge in [-0.3, -0.25) is 0 Å². The molecular weight excluding hydrogens is 212 g/mol. The molecule has 0 radical (unpaired) electrons. The second-order valence-corrected chi connectivity index (χ2v) is 3.69. The normalized spacial score (nSPS) is 11.3. The zero-order valence-electron chi connectivity index (χ0n) is 7.99. The zero-order chi connectivity index (χ0) is 10.4. The predicted molar refractivity (Wildman–Crippen MR) is 59.1 cm³/mol. The van der Waals surface area contributed by atoms with Gasteiger partial charge in [0.2, 0.25) is 5.28 Å². The highest BCUT2D eigenvalue weighted by molar-refractivity contribution is 6.28. The zero-order valence-corrected chi connectivity index (χ0v) is 8.75. The molecule has 3 aromatic rings. The number of hydrogen-bond acceptors (Lipinski definition) is 3. The van der Waals surface area contributed by atoms with Crippen LogP contribution in [0, 0.1) is 6.92 Å². The monoisotopic (exact) mass is 218 g/mol. The Labute approximate surface area is 90.7 Å². The molecule has 0 aliphatic rings. The Morgan fingerprint density at radius 3 is 2.87 bits per heavy atom. The molecule has 0 saturated heterocycles. The number of benzene rings is 1. The summed E-state index contributed by atoms with van der Waals surface area (Å²) in [6, 6.07) is 7.74. The largest absolute Gasteiger partial charge is 0.452 e. The molecule has 15 heavy (non-hydrogen) atoms. The van der Waals surface area contributed by atoms with Gasteiger partial charge in [-0.05, 0) is 30.7 Å². The van der Waals surface area contributed by atoms with Crippen LogP contribution in [0.15, 0.2) is 28.7 Å². The van der Waals surface area contributed by atoms with E-state index >= 15 is 0 Å². The lowest BCUT2D eigenvalue weighted by molar-refractivity contribution is 0.661. The molecule has 2 heterocycles. The molecule has 3 rings (SSSR count). The molecule has 3 nitrogen and oxygen atoms in total. The van der Waals surface area contributed by atoms with E-state index in [-0.39, 0.29) is 5.28 Å². The van der Waals surface area contributed by atoms with E-state index in [1.54, 1.807) is 0 Å².